The fourth-order valence-corrected chi connectivity index (χ4v) is 1.77. The summed E-state index contributed by atoms with van der Waals surface area (Å²) in [6.07, 6.45) is 4.87. The lowest BCUT2D eigenvalue weighted by Crippen LogP contribution is -2.32. The van der Waals surface area contributed by atoms with Crippen molar-refractivity contribution in [3.05, 3.63) is 18.1 Å². The first kappa shape index (κ1) is 14.9. The molecule has 18 heavy (non-hydrogen) atoms. The Balaban J connectivity index is 2.68. The quantitative estimate of drug-likeness (QED) is 0.807. The van der Waals surface area contributed by atoms with Crippen LogP contribution in [0.2, 0.25) is 0 Å². The van der Waals surface area contributed by atoms with Gasteiger partial charge in [0.2, 0.25) is 0 Å². The van der Waals surface area contributed by atoms with Crippen LogP contribution in [0.5, 0.6) is 0 Å². The van der Waals surface area contributed by atoms with Crippen LogP contribution in [0, 0.1) is 0 Å². The zero-order chi connectivity index (χ0) is 13.5. The van der Waals surface area contributed by atoms with Gasteiger partial charge in [0, 0.05) is 25.2 Å². The van der Waals surface area contributed by atoms with E-state index >= 15 is 0 Å². The van der Waals surface area contributed by atoms with Crippen molar-refractivity contribution >= 4 is 5.82 Å². The summed E-state index contributed by atoms with van der Waals surface area (Å²) in [6, 6.07) is 0.928. The fraction of sp³-hybridized carbons (Fsp3) is 0.714. The predicted octanol–water partition coefficient (Wildman–Crippen LogP) is 2.60. The molecule has 0 aliphatic rings. The Bertz CT molecular complexity index is 332. The Morgan fingerprint density at radius 2 is 1.89 bits per heavy atom. The third kappa shape index (κ3) is 4.61. The predicted molar refractivity (Wildman–Crippen MR) is 76.8 cm³/mol. The van der Waals surface area contributed by atoms with E-state index in [2.05, 4.69) is 54.8 Å². The van der Waals surface area contributed by atoms with Gasteiger partial charge in [-0.25, -0.2) is 4.98 Å². The topological polar surface area (TPSA) is 41.1 Å². The highest BCUT2D eigenvalue weighted by molar-refractivity contribution is 5.36. The normalized spacial score (nSPS) is 11.3. The number of nitrogens with one attached hydrogen (secondary N) is 1. The molecule has 0 aliphatic carbocycles. The molecule has 1 N–H and O–H groups in total. The summed E-state index contributed by atoms with van der Waals surface area (Å²) >= 11 is 0. The molecule has 1 heterocycles. The Morgan fingerprint density at radius 3 is 2.33 bits per heavy atom. The maximum atomic E-state index is 4.52. The molecule has 4 nitrogen and oxygen atoms in total. The fourth-order valence-electron chi connectivity index (χ4n) is 1.77. The van der Waals surface area contributed by atoms with Gasteiger partial charge in [0.05, 0.1) is 18.1 Å². The van der Waals surface area contributed by atoms with Crippen LogP contribution in [0.1, 0.15) is 46.7 Å². The Morgan fingerprint density at radius 1 is 1.17 bits per heavy atom. The molecule has 0 fully saturated rings. The van der Waals surface area contributed by atoms with Crippen molar-refractivity contribution in [2.24, 2.45) is 0 Å². The van der Waals surface area contributed by atoms with Crippen LogP contribution < -0.4 is 10.2 Å². The minimum atomic E-state index is 0.457. The van der Waals surface area contributed by atoms with Gasteiger partial charge in [-0.15, -0.1) is 0 Å². The molecule has 0 radical (unpaired) electrons. The van der Waals surface area contributed by atoms with Crippen LogP contribution in [0.3, 0.4) is 0 Å². The van der Waals surface area contributed by atoms with Gasteiger partial charge in [-0.1, -0.05) is 20.8 Å². The molecule has 1 rings (SSSR count). The van der Waals surface area contributed by atoms with E-state index in [4.69, 9.17) is 0 Å². The molecular weight excluding hydrogens is 224 g/mol. The van der Waals surface area contributed by atoms with Gasteiger partial charge in [0.25, 0.3) is 0 Å². The molecule has 0 bridgehead atoms. The second-order valence-electron chi connectivity index (χ2n) is 5.19. The zero-order valence-corrected chi connectivity index (χ0v) is 12.3. The monoisotopic (exact) mass is 250 g/mol. The van der Waals surface area contributed by atoms with Gasteiger partial charge in [0.1, 0.15) is 5.82 Å². The molecule has 0 saturated heterocycles. The number of hydrogen-bond acceptors (Lipinski definition) is 4. The standard InChI is InChI=1S/C14H26N4/c1-6-7-18(12(4)5)14-10-16-13(9-17-14)8-15-11(2)3/h9-12,15H,6-8H2,1-5H3. The summed E-state index contributed by atoms with van der Waals surface area (Å²) in [4.78, 5) is 11.3. The summed E-state index contributed by atoms with van der Waals surface area (Å²) in [5.74, 6) is 0.972. The van der Waals surface area contributed by atoms with Gasteiger partial charge in [-0.2, -0.15) is 0 Å². The minimum Gasteiger partial charge on any atom is -0.353 e. The zero-order valence-electron chi connectivity index (χ0n) is 12.3. The lowest BCUT2D eigenvalue weighted by atomic mass is 10.3. The molecule has 1 aromatic rings. The van der Waals surface area contributed by atoms with E-state index in [1.54, 1.807) is 0 Å². The second-order valence-corrected chi connectivity index (χ2v) is 5.19. The van der Waals surface area contributed by atoms with Crippen LogP contribution in [0.4, 0.5) is 5.82 Å². The highest BCUT2D eigenvalue weighted by atomic mass is 15.2. The lowest BCUT2D eigenvalue weighted by Gasteiger charge is -2.27. The molecule has 0 atom stereocenters. The minimum absolute atomic E-state index is 0.457. The SMILES string of the molecule is CCCN(c1cnc(CNC(C)C)cn1)C(C)C. The van der Waals surface area contributed by atoms with E-state index in [-0.39, 0.29) is 0 Å². The van der Waals surface area contributed by atoms with Gasteiger partial charge >= 0.3 is 0 Å². The molecule has 102 valence electrons. The molecule has 0 saturated carbocycles. The lowest BCUT2D eigenvalue weighted by molar-refractivity contribution is 0.579. The molecule has 0 aromatic carbocycles. The number of hydrogen-bond donors (Lipinski definition) is 1. The average Bonchev–Trinajstić information content (AvgIpc) is 2.34. The number of rotatable bonds is 7. The maximum Gasteiger partial charge on any atom is 0.147 e. The van der Waals surface area contributed by atoms with E-state index in [9.17, 15) is 0 Å². The molecule has 1 aromatic heterocycles. The van der Waals surface area contributed by atoms with Gasteiger partial charge in [-0.3, -0.25) is 4.98 Å². The van der Waals surface area contributed by atoms with Crippen molar-refractivity contribution in [1.29, 1.82) is 0 Å². The summed E-state index contributed by atoms with van der Waals surface area (Å²) in [5, 5.41) is 3.34. The van der Waals surface area contributed by atoms with Crippen LogP contribution in [-0.2, 0) is 6.54 Å². The van der Waals surface area contributed by atoms with Crippen molar-refractivity contribution in [3.8, 4) is 0 Å². The molecule has 0 unspecified atom stereocenters. The van der Waals surface area contributed by atoms with Gasteiger partial charge < -0.3 is 10.2 Å². The number of anilines is 1. The molecular formula is C14H26N4. The van der Waals surface area contributed by atoms with Crippen molar-refractivity contribution in [2.75, 3.05) is 11.4 Å². The second kappa shape index (κ2) is 7.31. The van der Waals surface area contributed by atoms with E-state index in [1.165, 1.54) is 0 Å². The van der Waals surface area contributed by atoms with Crippen LogP contribution in [0.15, 0.2) is 12.4 Å². The highest BCUT2D eigenvalue weighted by Gasteiger charge is 2.11. The average molecular weight is 250 g/mol. The first-order chi connectivity index (χ1) is 8.54. The molecule has 0 aliphatic heterocycles. The third-order valence-electron chi connectivity index (χ3n) is 2.77. The van der Waals surface area contributed by atoms with Crippen LogP contribution >= 0.6 is 0 Å². The first-order valence-electron chi connectivity index (χ1n) is 6.85. The van der Waals surface area contributed by atoms with Crippen molar-refractivity contribution < 1.29 is 0 Å². The highest BCUT2D eigenvalue weighted by Crippen LogP contribution is 2.13. The largest absolute Gasteiger partial charge is 0.353 e. The number of aromatic nitrogens is 2. The number of nitrogens with zero attached hydrogens (tertiary/aromatic N) is 3. The Labute approximate surface area is 111 Å². The summed E-state index contributed by atoms with van der Waals surface area (Å²) in [6.45, 7) is 12.6. The smallest absolute Gasteiger partial charge is 0.147 e. The van der Waals surface area contributed by atoms with Crippen LogP contribution in [-0.4, -0.2) is 28.6 Å². The van der Waals surface area contributed by atoms with E-state index in [0.717, 1.165) is 31.0 Å². The van der Waals surface area contributed by atoms with E-state index < -0.39 is 0 Å². The van der Waals surface area contributed by atoms with E-state index in [1.807, 2.05) is 12.4 Å². The van der Waals surface area contributed by atoms with E-state index in [0.29, 0.717) is 12.1 Å². The van der Waals surface area contributed by atoms with Crippen LogP contribution in [0.25, 0.3) is 0 Å². The van der Waals surface area contributed by atoms with Crippen molar-refractivity contribution in [1.82, 2.24) is 15.3 Å². The summed E-state index contributed by atoms with van der Waals surface area (Å²) in [7, 11) is 0. The Kier molecular flexibility index (Phi) is 6.05. The maximum absolute atomic E-state index is 4.52. The molecule has 4 heteroatoms. The molecule has 0 spiro atoms. The van der Waals surface area contributed by atoms with Crippen molar-refractivity contribution in [2.45, 2.75) is 59.7 Å². The third-order valence-corrected chi connectivity index (χ3v) is 2.77. The first-order valence-corrected chi connectivity index (χ1v) is 6.85. The van der Waals surface area contributed by atoms with Gasteiger partial charge in [0.15, 0.2) is 0 Å². The Hall–Kier alpha value is -1.16. The van der Waals surface area contributed by atoms with Crippen molar-refractivity contribution in [3.63, 3.8) is 0 Å². The summed E-state index contributed by atoms with van der Waals surface area (Å²) < 4.78 is 0. The van der Waals surface area contributed by atoms with Gasteiger partial charge in [-0.05, 0) is 20.3 Å². The summed E-state index contributed by atoms with van der Waals surface area (Å²) in [5.41, 5.74) is 0.993. The molecule has 0 amide bonds.